The van der Waals surface area contributed by atoms with Crippen molar-refractivity contribution in [3.05, 3.63) is 40.6 Å². The maximum Gasteiger partial charge on any atom is 0.160 e. The van der Waals surface area contributed by atoms with Gasteiger partial charge >= 0.3 is 0 Å². The van der Waals surface area contributed by atoms with Crippen LogP contribution in [0.25, 0.3) is 11.2 Å². The summed E-state index contributed by atoms with van der Waals surface area (Å²) < 4.78 is 3.94. The highest BCUT2D eigenvalue weighted by atomic mass is 35.5. The molecule has 0 unspecified atom stereocenters. The number of hydrogen-bond acceptors (Lipinski definition) is 3. The van der Waals surface area contributed by atoms with Gasteiger partial charge < -0.3 is 4.57 Å². The molecule has 0 aliphatic rings. The number of aromatic nitrogens is 5. The van der Waals surface area contributed by atoms with Crippen LogP contribution in [0.3, 0.4) is 0 Å². The van der Waals surface area contributed by atoms with Crippen LogP contribution in [0.15, 0.2) is 18.5 Å². The van der Waals surface area contributed by atoms with Crippen LogP contribution in [0.1, 0.15) is 17.1 Å². The van der Waals surface area contributed by atoms with Crippen LogP contribution in [-0.4, -0.2) is 30.2 Å². The van der Waals surface area contributed by atoms with E-state index in [2.05, 4.69) is 19.6 Å². The topological polar surface area (TPSA) is 48.5 Å². The molecule has 0 saturated heterocycles. The third-order valence-corrected chi connectivity index (χ3v) is 4.01. The summed E-state index contributed by atoms with van der Waals surface area (Å²) in [4.78, 5) is 9.01. The summed E-state index contributed by atoms with van der Waals surface area (Å²) >= 11 is 11.9. The summed E-state index contributed by atoms with van der Waals surface area (Å²) in [6.07, 6.45) is 4.21. The lowest BCUT2D eigenvalue weighted by Crippen LogP contribution is -2.07. The van der Waals surface area contributed by atoms with Gasteiger partial charge in [-0.05, 0) is 13.0 Å². The number of halogens is 2. The molecule has 3 rings (SSSR count). The first-order valence-corrected chi connectivity index (χ1v) is 7.55. The molecule has 3 aromatic rings. The predicted octanol–water partition coefficient (Wildman–Crippen LogP) is 2.96. The Balaban J connectivity index is 2.10. The average molecular weight is 324 g/mol. The minimum atomic E-state index is 0.517. The zero-order valence-corrected chi connectivity index (χ0v) is 13.4. The maximum absolute atomic E-state index is 5.99. The Morgan fingerprint density at radius 2 is 2.10 bits per heavy atom. The van der Waals surface area contributed by atoms with Gasteiger partial charge in [0.2, 0.25) is 0 Å². The second-order valence-corrected chi connectivity index (χ2v) is 5.74. The Morgan fingerprint density at radius 3 is 2.76 bits per heavy atom. The monoisotopic (exact) mass is 323 g/mol. The number of hydrogen-bond donors (Lipinski definition) is 0. The van der Waals surface area contributed by atoms with Crippen LogP contribution < -0.4 is 0 Å². The molecule has 0 radical (unpaired) electrons. The molecule has 0 N–H and O–H groups in total. The molecule has 7 heteroatoms. The molecule has 3 heterocycles. The molecule has 5 nitrogen and oxygen atoms in total. The molecular formula is C14H15Cl2N5. The number of rotatable bonds is 4. The number of aryl methyl sites for hydroxylation is 2. The van der Waals surface area contributed by atoms with E-state index in [1.54, 1.807) is 6.20 Å². The molecule has 0 saturated carbocycles. The highest BCUT2D eigenvalue weighted by molar-refractivity contribution is 6.31. The number of pyridine rings is 1. The molecule has 0 aliphatic heterocycles. The lowest BCUT2D eigenvalue weighted by atomic mass is 10.2. The average Bonchev–Trinajstić information content (AvgIpc) is 2.94. The third kappa shape index (κ3) is 2.63. The molecule has 3 aromatic heterocycles. The van der Waals surface area contributed by atoms with Crippen molar-refractivity contribution in [2.75, 3.05) is 5.88 Å². The molecule has 0 aromatic carbocycles. The SMILES string of the molecule is Cc1c(Cn2c(CCCl)nc3cc(Cl)cnc32)cnn1C. The number of alkyl halides is 1. The van der Waals surface area contributed by atoms with Crippen LogP contribution in [0, 0.1) is 6.92 Å². The fraction of sp³-hybridized carbons (Fsp3) is 0.357. The van der Waals surface area contributed by atoms with Crippen LogP contribution in [0.5, 0.6) is 0 Å². The van der Waals surface area contributed by atoms with E-state index in [4.69, 9.17) is 23.2 Å². The minimum absolute atomic E-state index is 0.517. The first-order chi connectivity index (χ1) is 10.1. The molecule has 0 amide bonds. The van der Waals surface area contributed by atoms with Crippen molar-refractivity contribution in [3.63, 3.8) is 0 Å². The Morgan fingerprint density at radius 1 is 1.29 bits per heavy atom. The van der Waals surface area contributed by atoms with E-state index in [0.29, 0.717) is 23.9 Å². The van der Waals surface area contributed by atoms with Crippen molar-refractivity contribution in [2.45, 2.75) is 19.9 Å². The van der Waals surface area contributed by atoms with E-state index in [9.17, 15) is 0 Å². The van der Waals surface area contributed by atoms with Crippen molar-refractivity contribution < 1.29 is 0 Å². The van der Waals surface area contributed by atoms with Gasteiger partial charge in [0.25, 0.3) is 0 Å². The Hall–Kier alpha value is -1.59. The van der Waals surface area contributed by atoms with Gasteiger partial charge in [-0.3, -0.25) is 4.68 Å². The summed E-state index contributed by atoms with van der Waals surface area (Å²) in [6, 6.07) is 1.83. The van der Waals surface area contributed by atoms with Crippen molar-refractivity contribution in [1.29, 1.82) is 0 Å². The molecule has 0 spiro atoms. The lowest BCUT2D eigenvalue weighted by Gasteiger charge is -2.07. The molecule has 0 bridgehead atoms. The van der Waals surface area contributed by atoms with Gasteiger partial charge in [-0.1, -0.05) is 11.6 Å². The summed E-state index contributed by atoms with van der Waals surface area (Å²) in [5.74, 6) is 1.43. The zero-order chi connectivity index (χ0) is 15.0. The largest absolute Gasteiger partial charge is 0.308 e. The Labute approximate surface area is 132 Å². The fourth-order valence-corrected chi connectivity index (χ4v) is 2.67. The highest BCUT2D eigenvalue weighted by Crippen LogP contribution is 2.20. The van der Waals surface area contributed by atoms with Crippen molar-refractivity contribution >= 4 is 34.4 Å². The van der Waals surface area contributed by atoms with Crippen LogP contribution >= 0.6 is 23.2 Å². The van der Waals surface area contributed by atoms with E-state index in [1.807, 2.05) is 30.9 Å². The van der Waals surface area contributed by atoms with Gasteiger partial charge in [-0.2, -0.15) is 5.10 Å². The van der Waals surface area contributed by atoms with Crippen molar-refractivity contribution in [1.82, 2.24) is 24.3 Å². The quantitative estimate of drug-likeness (QED) is 0.693. The molecule has 110 valence electrons. The molecule has 0 aliphatic carbocycles. The molecule has 0 fully saturated rings. The third-order valence-electron chi connectivity index (χ3n) is 3.61. The Kier molecular flexibility index (Phi) is 3.87. The van der Waals surface area contributed by atoms with Crippen molar-refractivity contribution in [3.8, 4) is 0 Å². The summed E-state index contributed by atoms with van der Waals surface area (Å²) in [5.41, 5.74) is 3.89. The molecule has 0 atom stereocenters. The van der Waals surface area contributed by atoms with E-state index in [1.165, 1.54) is 0 Å². The predicted molar refractivity (Wildman–Crippen MR) is 84.0 cm³/mol. The summed E-state index contributed by atoms with van der Waals surface area (Å²) in [7, 11) is 1.93. The summed E-state index contributed by atoms with van der Waals surface area (Å²) in [5, 5.41) is 4.87. The molecular weight excluding hydrogens is 309 g/mol. The van der Waals surface area contributed by atoms with Gasteiger partial charge in [0, 0.05) is 36.8 Å². The number of imidazole rings is 1. The van der Waals surface area contributed by atoms with Crippen LogP contribution in [0.2, 0.25) is 5.02 Å². The smallest absolute Gasteiger partial charge is 0.160 e. The van der Waals surface area contributed by atoms with Gasteiger partial charge in [0.15, 0.2) is 5.65 Å². The van der Waals surface area contributed by atoms with Crippen LogP contribution in [0.4, 0.5) is 0 Å². The Bertz CT molecular complexity index is 790. The summed E-state index contributed by atoms with van der Waals surface area (Å²) in [6.45, 7) is 2.73. The standard InChI is InChI=1S/C14H15Cl2N5/c1-9-10(6-18-20(9)2)8-21-13(3-4-15)19-12-5-11(16)7-17-14(12)21/h5-7H,3-4,8H2,1-2H3. The number of nitrogens with zero attached hydrogens (tertiary/aromatic N) is 5. The lowest BCUT2D eigenvalue weighted by molar-refractivity contribution is 0.722. The van der Waals surface area contributed by atoms with E-state index in [-0.39, 0.29) is 0 Å². The first-order valence-electron chi connectivity index (χ1n) is 6.64. The zero-order valence-electron chi connectivity index (χ0n) is 11.8. The van der Waals surface area contributed by atoms with E-state index < -0.39 is 0 Å². The highest BCUT2D eigenvalue weighted by Gasteiger charge is 2.14. The van der Waals surface area contributed by atoms with Gasteiger partial charge in [0.05, 0.1) is 17.8 Å². The second kappa shape index (κ2) is 5.66. The van der Waals surface area contributed by atoms with Crippen molar-refractivity contribution in [2.24, 2.45) is 7.05 Å². The normalized spacial score (nSPS) is 11.4. The minimum Gasteiger partial charge on any atom is -0.308 e. The van der Waals surface area contributed by atoms with Gasteiger partial charge in [0.1, 0.15) is 11.3 Å². The molecule has 21 heavy (non-hydrogen) atoms. The van der Waals surface area contributed by atoms with E-state index >= 15 is 0 Å². The fourth-order valence-electron chi connectivity index (χ4n) is 2.34. The van der Waals surface area contributed by atoms with Gasteiger partial charge in [-0.25, -0.2) is 9.97 Å². The van der Waals surface area contributed by atoms with E-state index in [0.717, 1.165) is 28.2 Å². The van der Waals surface area contributed by atoms with Crippen LogP contribution in [-0.2, 0) is 20.0 Å². The number of fused-ring (bicyclic) bond motifs is 1. The maximum atomic E-state index is 5.99. The van der Waals surface area contributed by atoms with Gasteiger partial charge in [-0.15, -0.1) is 11.6 Å². The first kappa shape index (κ1) is 14.4. The second-order valence-electron chi connectivity index (χ2n) is 4.93.